The van der Waals surface area contributed by atoms with Crippen LogP contribution in [0.3, 0.4) is 0 Å². The van der Waals surface area contributed by atoms with Gasteiger partial charge in [-0.3, -0.25) is 4.79 Å². The van der Waals surface area contributed by atoms with Gasteiger partial charge in [0, 0.05) is 0 Å². The number of hydrogen-bond donors (Lipinski definition) is 1. The van der Waals surface area contributed by atoms with Crippen molar-refractivity contribution in [2.24, 2.45) is 0 Å². The number of carbonyl (C=O) groups excluding carboxylic acids is 1. The summed E-state index contributed by atoms with van der Waals surface area (Å²) in [4.78, 5) is 10.8. The Hall–Kier alpha value is -1.83. The first-order chi connectivity index (χ1) is 8.79. The Labute approximate surface area is 109 Å². The summed E-state index contributed by atoms with van der Waals surface area (Å²) >= 11 is 0. The molecule has 96 valence electrons. The highest BCUT2D eigenvalue weighted by Gasteiger charge is 2.02. The molecule has 1 aromatic rings. The molecule has 0 radical (unpaired) electrons. The number of hydrogen-bond acceptors (Lipinski definition) is 2. The van der Waals surface area contributed by atoms with Gasteiger partial charge in [0.1, 0.15) is 5.75 Å². The number of rotatable bonds is 7. The number of allylic oxidation sites excluding steroid dienone is 3. The van der Waals surface area contributed by atoms with Gasteiger partial charge >= 0.3 is 0 Å². The van der Waals surface area contributed by atoms with Crippen molar-refractivity contribution < 1.29 is 9.90 Å². The minimum atomic E-state index is 0.0269. The third-order valence-corrected chi connectivity index (χ3v) is 2.73. The Morgan fingerprint density at radius 2 is 2.06 bits per heavy atom. The molecule has 1 N–H and O–H groups in total. The van der Waals surface area contributed by atoms with Crippen molar-refractivity contribution in [1.29, 1.82) is 0 Å². The SMILES string of the molecule is CCCCCC=CC=Cc1cccc(O)c1C=O. The summed E-state index contributed by atoms with van der Waals surface area (Å²) in [5, 5.41) is 9.51. The Balaban J connectivity index is 2.56. The monoisotopic (exact) mass is 244 g/mol. The van der Waals surface area contributed by atoms with Crippen LogP contribution < -0.4 is 0 Å². The van der Waals surface area contributed by atoms with E-state index in [4.69, 9.17) is 0 Å². The van der Waals surface area contributed by atoms with Crippen LogP contribution in [0.4, 0.5) is 0 Å². The van der Waals surface area contributed by atoms with E-state index in [0.717, 1.165) is 12.0 Å². The summed E-state index contributed by atoms with van der Waals surface area (Å²) in [6, 6.07) is 5.06. The maximum Gasteiger partial charge on any atom is 0.154 e. The van der Waals surface area contributed by atoms with Gasteiger partial charge in [-0.15, -0.1) is 0 Å². The first-order valence-electron chi connectivity index (χ1n) is 6.40. The second-order valence-corrected chi connectivity index (χ2v) is 4.18. The first-order valence-corrected chi connectivity index (χ1v) is 6.40. The predicted molar refractivity (Wildman–Crippen MR) is 75.8 cm³/mol. The smallest absolute Gasteiger partial charge is 0.154 e. The molecule has 0 unspecified atom stereocenters. The molecule has 0 saturated carbocycles. The number of benzene rings is 1. The normalized spacial score (nSPS) is 11.4. The molecule has 18 heavy (non-hydrogen) atoms. The lowest BCUT2D eigenvalue weighted by atomic mass is 10.1. The second kappa shape index (κ2) is 8.29. The zero-order valence-corrected chi connectivity index (χ0v) is 10.8. The number of phenols is 1. The van der Waals surface area contributed by atoms with Crippen LogP contribution in [0.5, 0.6) is 5.75 Å². The summed E-state index contributed by atoms with van der Waals surface area (Å²) < 4.78 is 0. The molecule has 0 fully saturated rings. The van der Waals surface area contributed by atoms with Gasteiger partial charge in [-0.05, 0) is 24.5 Å². The van der Waals surface area contributed by atoms with E-state index >= 15 is 0 Å². The molecule has 0 bridgehead atoms. The Bertz CT molecular complexity index is 431. The Kier molecular flexibility index (Phi) is 6.55. The summed E-state index contributed by atoms with van der Waals surface area (Å²) in [7, 11) is 0. The molecule has 0 atom stereocenters. The number of phenolic OH excluding ortho intramolecular Hbond substituents is 1. The maximum absolute atomic E-state index is 10.8. The van der Waals surface area contributed by atoms with Crippen LogP contribution in [0.2, 0.25) is 0 Å². The van der Waals surface area contributed by atoms with Gasteiger partial charge in [-0.2, -0.15) is 0 Å². The third kappa shape index (κ3) is 4.58. The molecule has 0 aromatic heterocycles. The summed E-state index contributed by atoms with van der Waals surface area (Å²) in [6.07, 6.45) is 13.3. The van der Waals surface area contributed by atoms with Crippen LogP contribution >= 0.6 is 0 Å². The van der Waals surface area contributed by atoms with Crippen molar-refractivity contribution >= 4 is 12.4 Å². The fraction of sp³-hybridized carbons (Fsp3) is 0.312. The molecular weight excluding hydrogens is 224 g/mol. The fourth-order valence-corrected chi connectivity index (χ4v) is 1.69. The van der Waals surface area contributed by atoms with Crippen LogP contribution in [-0.4, -0.2) is 11.4 Å². The molecular formula is C16H20O2. The average molecular weight is 244 g/mol. The fourth-order valence-electron chi connectivity index (χ4n) is 1.69. The molecule has 0 amide bonds. The van der Waals surface area contributed by atoms with E-state index in [-0.39, 0.29) is 5.75 Å². The lowest BCUT2D eigenvalue weighted by Gasteiger charge is -2.00. The summed E-state index contributed by atoms with van der Waals surface area (Å²) in [5.41, 5.74) is 1.08. The Morgan fingerprint density at radius 3 is 2.78 bits per heavy atom. The van der Waals surface area contributed by atoms with Gasteiger partial charge < -0.3 is 5.11 Å². The van der Waals surface area contributed by atoms with Gasteiger partial charge in [0.2, 0.25) is 0 Å². The van der Waals surface area contributed by atoms with E-state index in [2.05, 4.69) is 13.0 Å². The summed E-state index contributed by atoms with van der Waals surface area (Å²) in [6.45, 7) is 2.19. The molecule has 0 heterocycles. The second-order valence-electron chi connectivity index (χ2n) is 4.18. The van der Waals surface area contributed by atoms with E-state index in [1.807, 2.05) is 24.3 Å². The average Bonchev–Trinajstić information content (AvgIpc) is 2.38. The molecule has 1 rings (SSSR count). The minimum Gasteiger partial charge on any atom is -0.507 e. The van der Waals surface area contributed by atoms with E-state index < -0.39 is 0 Å². The largest absolute Gasteiger partial charge is 0.507 e. The number of aromatic hydroxyl groups is 1. The topological polar surface area (TPSA) is 37.3 Å². The van der Waals surface area contributed by atoms with Crippen LogP contribution in [0, 0.1) is 0 Å². The molecule has 0 saturated heterocycles. The molecule has 0 aliphatic heterocycles. The predicted octanol–water partition coefficient (Wildman–Crippen LogP) is 4.35. The van der Waals surface area contributed by atoms with Gasteiger partial charge in [0.05, 0.1) is 5.56 Å². The van der Waals surface area contributed by atoms with E-state index in [1.54, 1.807) is 6.07 Å². The zero-order valence-electron chi connectivity index (χ0n) is 10.8. The third-order valence-electron chi connectivity index (χ3n) is 2.73. The van der Waals surface area contributed by atoms with Crippen molar-refractivity contribution in [2.45, 2.75) is 32.6 Å². The van der Waals surface area contributed by atoms with Crippen molar-refractivity contribution in [1.82, 2.24) is 0 Å². The molecule has 2 heteroatoms. The van der Waals surface area contributed by atoms with Crippen molar-refractivity contribution in [3.63, 3.8) is 0 Å². The van der Waals surface area contributed by atoms with Crippen LogP contribution in [0.1, 0.15) is 48.5 Å². The van der Waals surface area contributed by atoms with E-state index in [9.17, 15) is 9.90 Å². The van der Waals surface area contributed by atoms with Gasteiger partial charge in [-0.1, -0.05) is 56.2 Å². The highest BCUT2D eigenvalue weighted by atomic mass is 16.3. The molecule has 1 aromatic carbocycles. The van der Waals surface area contributed by atoms with Crippen LogP contribution in [0.15, 0.2) is 36.4 Å². The highest BCUT2D eigenvalue weighted by molar-refractivity contribution is 5.85. The number of aldehydes is 1. The van der Waals surface area contributed by atoms with Gasteiger partial charge in [0.15, 0.2) is 6.29 Å². The number of carbonyl (C=O) groups is 1. The van der Waals surface area contributed by atoms with Crippen LogP contribution in [-0.2, 0) is 0 Å². The summed E-state index contributed by atoms with van der Waals surface area (Å²) in [5.74, 6) is 0.0269. The van der Waals surface area contributed by atoms with Crippen molar-refractivity contribution in [2.75, 3.05) is 0 Å². The minimum absolute atomic E-state index is 0.0269. The number of unbranched alkanes of at least 4 members (excludes halogenated alkanes) is 3. The standard InChI is InChI=1S/C16H20O2/c1-2-3-4-5-6-7-8-10-14-11-9-12-16(18)15(14)13-17/h6-13,18H,2-5H2,1H3. The van der Waals surface area contributed by atoms with E-state index in [0.29, 0.717) is 11.8 Å². The van der Waals surface area contributed by atoms with Gasteiger partial charge in [-0.25, -0.2) is 0 Å². The van der Waals surface area contributed by atoms with Crippen molar-refractivity contribution in [3.05, 3.63) is 47.6 Å². The van der Waals surface area contributed by atoms with Crippen LogP contribution in [0.25, 0.3) is 6.08 Å². The maximum atomic E-state index is 10.8. The quantitative estimate of drug-likeness (QED) is 0.439. The molecule has 0 aliphatic rings. The Morgan fingerprint density at radius 1 is 1.22 bits per heavy atom. The van der Waals surface area contributed by atoms with E-state index in [1.165, 1.54) is 25.3 Å². The molecule has 0 aliphatic carbocycles. The van der Waals surface area contributed by atoms with Gasteiger partial charge in [0.25, 0.3) is 0 Å². The van der Waals surface area contributed by atoms with Crippen molar-refractivity contribution in [3.8, 4) is 5.75 Å². The lowest BCUT2D eigenvalue weighted by Crippen LogP contribution is -1.86. The zero-order chi connectivity index (χ0) is 13.2. The highest BCUT2D eigenvalue weighted by Crippen LogP contribution is 2.19. The molecule has 0 spiro atoms. The molecule has 2 nitrogen and oxygen atoms in total. The lowest BCUT2D eigenvalue weighted by molar-refractivity contribution is 0.112. The first kappa shape index (κ1) is 14.2.